The lowest BCUT2D eigenvalue weighted by Gasteiger charge is -2.13. The van der Waals surface area contributed by atoms with Crippen molar-refractivity contribution in [2.45, 2.75) is 23.5 Å². The fourth-order valence-corrected chi connectivity index (χ4v) is 4.24. The number of hydrogen-bond donors (Lipinski definition) is 2. The first-order chi connectivity index (χ1) is 12.5. The van der Waals surface area contributed by atoms with Gasteiger partial charge >= 0.3 is 0 Å². The van der Waals surface area contributed by atoms with Gasteiger partial charge in [-0.05, 0) is 42.8 Å². The van der Waals surface area contributed by atoms with Crippen molar-refractivity contribution in [3.8, 4) is 11.3 Å². The Morgan fingerprint density at radius 1 is 1.23 bits per heavy atom. The fourth-order valence-electron chi connectivity index (χ4n) is 2.30. The summed E-state index contributed by atoms with van der Waals surface area (Å²) in [5, 5.41) is 5.32. The van der Waals surface area contributed by atoms with E-state index in [9.17, 15) is 4.79 Å². The molecule has 1 aromatic heterocycles. The van der Waals surface area contributed by atoms with Crippen LogP contribution >= 0.6 is 39.0 Å². The molecule has 0 radical (unpaired) electrons. The van der Waals surface area contributed by atoms with Crippen LogP contribution in [0.5, 0.6) is 0 Å². The van der Waals surface area contributed by atoms with Crippen LogP contribution in [0.15, 0.2) is 63.3 Å². The maximum Gasteiger partial charge on any atom is 0.239 e. The number of nitrogens with zero attached hydrogens (tertiary/aromatic N) is 1. The van der Waals surface area contributed by atoms with Gasteiger partial charge in [-0.15, -0.1) is 23.1 Å². The lowest BCUT2D eigenvalue weighted by molar-refractivity contribution is -0.115. The van der Waals surface area contributed by atoms with E-state index in [1.165, 1.54) is 23.1 Å². The van der Waals surface area contributed by atoms with Crippen LogP contribution < -0.4 is 11.1 Å². The van der Waals surface area contributed by atoms with Gasteiger partial charge in [-0.25, -0.2) is 4.98 Å². The highest BCUT2D eigenvalue weighted by atomic mass is 79.9. The number of carbonyl (C=O) groups excluding carboxylic acids is 1. The van der Waals surface area contributed by atoms with E-state index in [4.69, 9.17) is 5.73 Å². The lowest BCUT2D eigenvalue weighted by Crippen LogP contribution is -2.24. The average molecular weight is 448 g/mol. The number of benzene rings is 2. The van der Waals surface area contributed by atoms with Crippen LogP contribution in [0.25, 0.3) is 11.3 Å². The van der Waals surface area contributed by atoms with E-state index >= 15 is 0 Å². The number of halogens is 1. The number of hydrogen-bond acceptors (Lipinski definition) is 5. The Morgan fingerprint density at radius 2 is 1.92 bits per heavy atom. The van der Waals surface area contributed by atoms with Crippen LogP contribution in [0.4, 0.5) is 10.8 Å². The predicted molar refractivity (Wildman–Crippen MR) is 115 cm³/mol. The van der Waals surface area contributed by atoms with Gasteiger partial charge in [-0.2, -0.15) is 0 Å². The number of thiazole rings is 1. The summed E-state index contributed by atoms with van der Waals surface area (Å²) in [6, 6.07) is 15.5. The second-order valence-corrected chi connectivity index (χ2v) is 8.67. The molecule has 134 valence electrons. The van der Waals surface area contributed by atoms with Gasteiger partial charge in [0.1, 0.15) is 0 Å². The number of rotatable bonds is 6. The van der Waals surface area contributed by atoms with Crippen LogP contribution in [0.2, 0.25) is 0 Å². The van der Waals surface area contributed by atoms with E-state index in [0.29, 0.717) is 5.13 Å². The number of anilines is 2. The topological polar surface area (TPSA) is 68.0 Å². The standard InChI is InChI=1S/C19H18BrN3OS2/c1-2-17(26-15-9-7-14(21)8-10-15)18(24)23-19-22-16(11-25-19)12-3-5-13(20)6-4-12/h3-11,17H,2,21H2,1H3,(H,22,23,24). The Hall–Kier alpha value is -1.83. The Bertz CT molecular complexity index is 879. The van der Waals surface area contributed by atoms with Gasteiger partial charge in [0.25, 0.3) is 0 Å². The molecule has 1 unspecified atom stereocenters. The smallest absolute Gasteiger partial charge is 0.239 e. The minimum absolute atomic E-state index is 0.0361. The number of carbonyl (C=O) groups is 1. The zero-order chi connectivity index (χ0) is 18.5. The molecule has 0 bridgehead atoms. The van der Waals surface area contributed by atoms with Gasteiger partial charge in [0.05, 0.1) is 10.9 Å². The van der Waals surface area contributed by atoms with E-state index in [2.05, 4.69) is 26.2 Å². The quantitative estimate of drug-likeness (QED) is 0.377. The summed E-state index contributed by atoms with van der Waals surface area (Å²) in [4.78, 5) is 18.2. The zero-order valence-electron chi connectivity index (χ0n) is 14.1. The molecule has 1 heterocycles. The molecular weight excluding hydrogens is 430 g/mol. The van der Waals surface area contributed by atoms with Gasteiger partial charge < -0.3 is 11.1 Å². The second kappa shape index (κ2) is 8.70. The molecule has 3 aromatic rings. The molecule has 26 heavy (non-hydrogen) atoms. The summed E-state index contributed by atoms with van der Waals surface area (Å²) in [7, 11) is 0. The highest BCUT2D eigenvalue weighted by molar-refractivity contribution is 9.10. The highest BCUT2D eigenvalue weighted by Gasteiger charge is 2.19. The van der Waals surface area contributed by atoms with E-state index in [0.717, 1.165) is 32.7 Å². The van der Waals surface area contributed by atoms with Gasteiger partial charge in [0.15, 0.2) is 5.13 Å². The monoisotopic (exact) mass is 447 g/mol. The first-order valence-electron chi connectivity index (χ1n) is 8.09. The maximum atomic E-state index is 12.6. The highest BCUT2D eigenvalue weighted by Crippen LogP contribution is 2.29. The molecule has 0 aliphatic rings. The minimum Gasteiger partial charge on any atom is -0.399 e. The Balaban J connectivity index is 1.66. The lowest BCUT2D eigenvalue weighted by atomic mass is 10.2. The Labute approximate surface area is 169 Å². The van der Waals surface area contributed by atoms with Crippen molar-refractivity contribution in [1.82, 2.24) is 4.98 Å². The summed E-state index contributed by atoms with van der Waals surface area (Å²) in [6.07, 6.45) is 0.728. The molecule has 1 atom stereocenters. The van der Waals surface area contributed by atoms with Crippen molar-refractivity contribution in [1.29, 1.82) is 0 Å². The van der Waals surface area contributed by atoms with Crippen molar-refractivity contribution in [2.24, 2.45) is 0 Å². The molecule has 0 aliphatic heterocycles. The number of aromatic nitrogens is 1. The Morgan fingerprint density at radius 3 is 2.58 bits per heavy atom. The molecule has 0 saturated heterocycles. The molecule has 0 spiro atoms. The molecule has 3 N–H and O–H groups in total. The first-order valence-corrected chi connectivity index (χ1v) is 10.6. The third kappa shape index (κ3) is 4.87. The number of nitrogens with two attached hydrogens (primary N) is 1. The summed E-state index contributed by atoms with van der Waals surface area (Å²) < 4.78 is 1.02. The number of thioether (sulfide) groups is 1. The predicted octanol–water partition coefficient (Wildman–Crippen LogP) is 5.66. The summed E-state index contributed by atoms with van der Waals surface area (Å²) in [5.41, 5.74) is 8.31. The molecule has 2 aromatic carbocycles. The largest absolute Gasteiger partial charge is 0.399 e. The molecule has 3 rings (SSSR count). The number of nitrogen functional groups attached to an aromatic ring is 1. The van der Waals surface area contributed by atoms with Crippen LogP contribution in [0, 0.1) is 0 Å². The van der Waals surface area contributed by atoms with Crippen molar-refractivity contribution in [3.63, 3.8) is 0 Å². The SMILES string of the molecule is CCC(Sc1ccc(N)cc1)C(=O)Nc1nc(-c2ccc(Br)cc2)cs1. The van der Waals surface area contributed by atoms with Crippen LogP contribution in [-0.2, 0) is 4.79 Å². The normalized spacial score (nSPS) is 11.9. The van der Waals surface area contributed by atoms with Crippen LogP contribution in [-0.4, -0.2) is 16.1 Å². The third-order valence-corrected chi connectivity index (χ3v) is 6.36. The number of nitrogens with one attached hydrogen (secondary N) is 1. The fraction of sp³-hybridized carbons (Fsp3) is 0.158. The van der Waals surface area contributed by atoms with E-state index in [1.54, 1.807) is 0 Å². The maximum absolute atomic E-state index is 12.6. The summed E-state index contributed by atoms with van der Waals surface area (Å²) in [6.45, 7) is 2.00. The molecular formula is C19H18BrN3OS2. The van der Waals surface area contributed by atoms with Crippen molar-refractivity contribution in [2.75, 3.05) is 11.1 Å². The average Bonchev–Trinajstić information content (AvgIpc) is 3.10. The molecule has 0 aliphatic carbocycles. The van der Waals surface area contributed by atoms with Gasteiger partial charge in [-0.1, -0.05) is 35.0 Å². The third-order valence-electron chi connectivity index (χ3n) is 3.70. The zero-order valence-corrected chi connectivity index (χ0v) is 17.3. The molecule has 0 saturated carbocycles. The minimum atomic E-state index is -0.182. The first kappa shape index (κ1) is 18.9. The summed E-state index contributed by atoms with van der Waals surface area (Å²) >= 11 is 6.39. The van der Waals surface area contributed by atoms with E-state index in [1.807, 2.05) is 60.8 Å². The van der Waals surface area contributed by atoms with Gasteiger partial charge in [0.2, 0.25) is 5.91 Å². The molecule has 4 nitrogen and oxygen atoms in total. The molecule has 7 heteroatoms. The van der Waals surface area contributed by atoms with Crippen molar-refractivity contribution < 1.29 is 4.79 Å². The molecule has 0 fully saturated rings. The van der Waals surface area contributed by atoms with E-state index < -0.39 is 0 Å². The van der Waals surface area contributed by atoms with Gasteiger partial charge in [0, 0.05) is 26.0 Å². The van der Waals surface area contributed by atoms with Crippen molar-refractivity contribution in [3.05, 3.63) is 58.4 Å². The van der Waals surface area contributed by atoms with Crippen LogP contribution in [0.3, 0.4) is 0 Å². The molecule has 1 amide bonds. The Kier molecular flexibility index (Phi) is 6.34. The second-order valence-electron chi connectivity index (χ2n) is 5.62. The number of amides is 1. The van der Waals surface area contributed by atoms with E-state index in [-0.39, 0.29) is 11.2 Å². The van der Waals surface area contributed by atoms with Crippen molar-refractivity contribution >= 4 is 55.8 Å². The van der Waals surface area contributed by atoms with Crippen LogP contribution in [0.1, 0.15) is 13.3 Å². The van der Waals surface area contributed by atoms with Gasteiger partial charge in [-0.3, -0.25) is 4.79 Å². The summed E-state index contributed by atoms with van der Waals surface area (Å²) in [5.74, 6) is -0.0361.